The highest BCUT2D eigenvalue weighted by Gasteiger charge is 2.23. The number of carbonyl (C=O) groups is 1. The van der Waals surface area contributed by atoms with Gasteiger partial charge in [-0.25, -0.2) is 9.79 Å². The predicted octanol–water partition coefficient (Wildman–Crippen LogP) is 2.48. The van der Waals surface area contributed by atoms with Crippen LogP contribution in [0.3, 0.4) is 0 Å². The Morgan fingerprint density at radius 1 is 1.03 bits per heavy atom. The number of guanidine groups is 1. The van der Waals surface area contributed by atoms with Crippen LogP contribution >= 0.6 is 11.8 Å². The van der Waals surface area contributed by atoms with Crippen LogP contribution in [0.1, 0.15) is 19.4 Å². The van der Waals surface area contributed by atoms with Gasteiger partial charge in [0.05, 0.1) is 13.2 Å². The number of rotatable bonds is 5. The van der Waals surface area contributed by atoms with Gasteiger partial charge in [-0.1, -0.05) is 12.1 Å². The van der Waals surface area contributed by atoms with E-state index >= 15 is 0 Å². The SMILES string of the molecule is CCNC(=NCc1ccc(N2CCSCC2)cc1)N1CCN(C(=O)OCC)CC1. The van der Waals surface area contributed by atoms with Gasteiger partial charge in [-0.2, -0.15) is 11.8 Å². The second kappa shape index (κ2) is 11.2. The largest absolute Gasteiger partial charge is 0.450 e. The molecule has 0 bridgehead atoms. The molecule has 2 aliphatic rings. The predicted molar refractivity (Wildman–Crippen MR) is 121 cm³/mol. The van der Waals surface area contributed by atoms with Crippen molar-refractivity contribution in [1.82, 2.24) is 15.1 Å². The maximum atomic E-state index is 11.9. The molecular formula is C21H33N5O2S. The number of aliphatic imine (C=N–C) groups is 1. The van der Waals surface area contributed by atoms with Crippen molar-refractivity contribution in [1.29, 1.82) is 0 Å². The zero-order valence-electron chi connectivity index (χ0n) is 17.6. The molecule has 0 spiro atoms. The fourth-order valence-corrected chi connectivity index (χ4v) is 4.44. The van der Waals surface area contributed by atoms with Gasteiger partial charge < -0.3 is 24.8 Å². The highest BCUT2D eigenvalue weighted by Crippen LogP contribution is 2.20. The van der Waals surface area contributed by atoms with Crippen molar-refractivity contribution in [3.8, 4) is 0 Å². The van der Waals surface area contributed by atoms with Crippen LogP contribution in [-0.2, 0) is 11.3 Å². The van der Waals surface area contributed by atoms with E-state index in [4.69, 9.17) is 9.73 Å². The summed E-state index contributed by atoms with van der Waals surface area (Å²) in [6, 6.07) is 8.80. The van der Waals surface area contributed by atoms with E-state index in [2.05, 4.69) is 46.3 Å². The van der Waals surface area contributed by atoms with Crippen LogP contribution in [0.15, 0.2) is 29.3 Å². The average molecular weight is 420 g/mol. The molecule has 1 N–H and O–H groups in total. The molecule has 0 aliphatic carbocycles. The Labute approximate surface area is 178 Å². The van der Waals surface area contributed by atoms with E-state index in [1.807, 2.05) is 18.7 Å². The number of anilines is 1. The van der Waals surface area contributed by atoms with Gasteiger partial charge >= 0.3 is 6.09 Å². The molecular weight excluding hydrogens is 386 g/mol. The Kier molecular flexibility index (Phi) is 8.34. The fraction of sp³-hybridized carbons (Fsp3) is 0.619. The van der Waals surface area contributed by atoms with E-state index in [0.29, 0.717) is 26.2 Å². The number of piperazine rings is 1. The third-order valence-corrected chi connectivity index (χ3v) is 6.11. The summed E-state index contributed by atoms with van der Waals surface area (Å²) < 4.78 is 5.10. The van der Waals surface area contributed by atoms with E-state index in [-0.39, 0.29) is 6.09 Å². The molecule has 3 rings (SSSR count). The maximum absolute atomic E-state index is 11.9. The molecule has 2 fully saturated rings. The fourth-order valence-electron chi connectivity index (χ4n) is 3.54. The van der Waals surface area contributed by atoms with Crippen LogP contribution in [0.25, 0.3) is 0 Å². The Bertz CT molecular complexity index is 668. The lowest BCUT2D eigenvalue weighted by atomic mass is 10.2. The monoisotopic (exact) mass is 419 g/mol. The second-order valence-electron chi connectivity index (χ2n) is 7.11. The molecule has 1 amide bonds. The van der Waals surface area contributed by atoms with E-state index in [1.165, 1.54) is 22.8 Å². The number of hydrogen-bond acceptors (Lipinski definition) is 5. The van der Waals surface area contributed by atoms with Crippen molar-refractivity contribution in [3.05, 3.63) is 29.8 Å². The first-order valence-corrected chi connectivity index (χ1v) is 11.7. The number of nitrogens with one attached hydrogen (secondary N) is 1. The first-order chi connectivity index (χ1) is 14.2. The lowest BCUT2D eigenvalue weighted by molar-refractivity contribution is 0.0914. The molecule has 7 nitrogen and oxygen atoms in total. The van der Waals surface area contributed by atoms with Gasteiger partial charge in [0.25, 0.3) is 0 Å². The minimum absolute atomic E-state index is 0.221. The van der Waals surface area contributed by atoms with Crippen LogP contribution < -0.4 is 10.2 Å². The number of nitrogens with zero attached hydrogens (tertiary/aromatic N) is 4. The Morgan fingerprint density at radius 2 is 1.69 bits per heavy atom. The molecule has 1 aromatic rings. The van der Waals surface area contributed by atoms with Crippen LogP contribution in [0.2, 0.25) is 0 Å². The van der Waals surface area contributed by atoms with Gasteiger partial charge in [0.1, 0.15) is 0 Å². The molecule has 0 radical (unpaired) electrons. The number of hydrogen-bond donors (Lipinski definition) is 1. The number of ether oxygens (including phenoxy) is 1. The quantitative estimate of drug-likeness (QED) is 0.585. The molecule has 1 aromatic carbocycles. The van der Waals surface area contributed by atoms with Gasteiger partial charge in [0.15, 0.2) is 5.96 Å². The van der Waals surface area contributed by atoms with Gasteiger partial charge in [0.2, 0.25) is 0 Å². The van der Waals surface area contributed by atoms with Gasteiger partial charge in [0, 0.05) is 63.0 Å². The van der Waals surface area contributed by atoms with Crippen LogP contribution in [0.5, 0.6) is 0 Å². The smallest absolute Gasteiger partial charge is 0.409 e. The lowest BCUT2D eigenvalue weighted by Gasteiger charge is -2.35. The third-order valence-electron chi connectivity index (χ3n) is 5.16. The first kappa shape index (κ1) is 21.6. The summed E-state index contributed by atoms with van der Waals surface area (Å²) in [6.07, 6.45) is -0.221. The molecule has 0 unspecified atom stereocenters. The van der Waals surface area contributed by atoms with Crippen LogP contribution in [-0.4, -0.2) is 85.8 Å². The minimum atomic E-state index is -0.221. The van der Waals surface area contributed by atoms with E-state index < -0.39 is 0 Å². The summed E-state index contributed by atoms with van der Waals surface area (Å²) in [5.41, 5.74) is 2.51. The summed E-state index contributed by atoms with van der Waals surface area (Å²) >= 11 is 2.03. The maximum Gasteiger partial charge on any atom is 0.409 e. The summed E-state index contributed by atoms with van der Waals surface area (Å²) in [6.45, 7) is 10.9. The molecule has 160 valence electrons. The highest BCUT2D eigenvalue weighted by atomic mass is 32.2. The number of benzene rings is 1. The van der Waals surface area contributed by atoms with E-state index in [9.17, 15) is 4.79 Å². The summed E-state index contributed by atoms with van der Waals surface area (Å²) in [7, 11) is 0. The molecule has 29 heavy (non-hydrogen) atoms. The topological polar surface area (TPSA) is 60.4 Å². The Morgan fingerprint density at radius 3 is 2.31 bits per heavy atom. The second-order valence-corrected chi connectivity index (χ2v) is 8.33. The van der Waals surface area contributed by atoms with Crippen molar-refractivity contribution in [3.63, 3.8) is 0 Å². The minimum Gasteiger partial charge on any atom is -0.450 e. The third kappa shape index (κ3) is 6.19. The Balaban J connectivity index is 1.56. The molecule has 0 atom stereocenters. The number of carbonyl (C=O) groups excluding carboxylic acids is 1. The normalized spacial score (nSPS) is 18.0. The highest BCUT2D eigenvalue weighted by molar-refractivity contribution is 7.99. The van der Waals surface area contributed by atoms with Crippen LogP contribution in [0.4, 0.5) is 10.5 Å². The standard InChI is InChI=1S/C21H33N5O2S/c1-3-22-20(25-9-11-26(12-10-25)21(27)28-4-2)23-17-18-5-7-19(8-6-18)24-13-15-29-16-14-24/h5-8H,3-4,9-17H2,1-2H3,(H,22,23). The average Bonchev–Trinajstić information content (AvgIpc) is 2.78. The molecule has 0 saturated carbocycles. The zero-order valence-corrected chi connectivity index (χ0v) is 18.4. The zero-order chi connectivity index (χ0) is 20.5. The van der Waals surface area contributed by atoms with E-state index in [0.717, 1.165) is 38.7 Å². The summed E-state index contributed by atoms with van der Waals surface area (Å²) in [5.74, 6) is 3.33. The summed E-state index contributed by atoms with van der Waals surface area (Å²) in [5, 5.41) is 3.39. The van der Waals surface area contributed by atoms with Crippen molar-refractivity contribution in [2.75, 3.05) is 68.8 Å². The van der Waals surface area contributed by atoms with Gasteiger partial charge in [-0.15, -0.1) is 0 Å². The molecule has 2 heterocycles. The van der Waals surface area contributed by atoms with Crippen molar-refractivity contribution in [2.24, 2.45) is 4.99 Å². The summed E-state index contributed by atoms with van der Waals surface area (Å²) in [4.78, 5) is 23.2. The lowest BCUT2D eigenvalue weighted by Crippen LogP contribution is -2.53. The molecule has 8 heteroatoms. The van der Waals surface area contributed by atoms with Crippen LogP contribution in [0, 0.1) is 0 Å². The molecule has 0 aromatic heterocycles. The van der Waals surface area contributed by atoms with Crippen molar-refractivity contribution < 1.29 is 9.53 Å². The molecule has 2 aliphatic heterocycles. The first-order valence-electron chi connectivity index (χ1n) is 10.6. The van der Waals surface area contributed by atoms with Crippen molar-refractivity contribution >= 4 is 29.5 Å². The van der Waals surface area contributed by atoms with Gasteiger partial charge in [-0.3, -0.25) is 0 Å². The van der Waals surface area contributed by atoms with Gasteiger partial charge in [-0.05, 0) is 31.5 Å². The van der Waals surface area contributed by atoms with Crippen molar-refractivity contribution in [2.45, 2.75) is 20.4 Å². The number of thioether (sulfide) groups is 1. The molecule has 2 saturated heterocycles. The number of amides is 1. The Hall–Kier alpha value is -2.09. The van der Waals surface area contributed by atoms with E-state index in [1.54, 1.807) is 4.90 Å².